The van der Waals surface area contributed by atoms with Crippen LogP contribution < -0.4 is 5.73 Å². The first-order valence-electron chi connectivity index (χ1n) is 7.53. The molecule has 1 aliphatic rings. The van der Waals surface area contributed by atoms with E-state index >= 15 is 0 Å². The van der Waals surface area contributed by atoms with E-state index in [9.17, 15) is 4.79 Å². The summed E-state index contributed by atoms with van der Waals surface area (Å²) in [6, 6.07) is 0.779. The van der Waals surface area contributed by atoms with Crippen LogP contribution in [-0.4, -0.2) is 29.4 Å². The molecule has 1 fully saturated rings. The molecule has 1 saturated carbocycles. The molecule has 0 bridgehead atoms. The molecule has 1 aliphatic carbocycles. The Kier molecular flexibility index (Phi) is 6.13. The summed E-state index contributed by atoms with van der Waals surface area (Å²) in [7, 11) is 0. The average molecular weight is 254 g/mol. The molecule has 0 heterocycles. The number of carbonyl (C=O) groups excluding carboxylic acids is 1. The maximum atomic E-state index is 12.6. The van der Waals surface area contributed by atoms with E-state index in [1.54, 1.807) is 0 Å². The van der Waals surface area contributed by atoms with Gasteiger partial charge >= 0.3 is 0 Å². The normalized spacial score (nSPS) is 26.1. The van der Waals surface area contributed by atoms with Crippen molar-refractivity contribution in [2.45, 2.75) is 71.9 Å². The number of hydrogen-bond donors (Lipinski definition) is 1. The molecule has 0 radical (unpaired) electrons. The van der Waals surface area contributed by atoms with Gasteiger partial charge in [-0.2, -0.15) is 0 Å². The molecule has 0 aromatic heterocycles. The third-order valence-electron chi connectivity index (χ3n) is 4.32. The van der Waals surface area contributed by atoms with Gasteiger partial charge in [0.1, 0.15) is 0 Å². The zero-order valence-electron chi connectivity index (χ0n) is 12.5. The highest BCUT2D eigenvalue weighted by Gasteiger charge is 2.30. The summed E-state index contributed by atoms with van der Waals surface area (Å²) in [5.41, 5.74) is 5.95. The van der Waals surface area contributed by atoms with Gasteiger partial charge in [0.2, 0.25) is 5.91 Å². The summed E-state index contributed by atoms with van der Waals surface area (Å²) in [6.07, 6.45) is 5.33. The zero-order valence-corrected chi connectivity index (χ0v) is 12.5. The van der Waals surface area contributed by atoms with Crippen LogP contribution in [0, 0.1) is 11.8 Å². The van der Waals surface area contributed by atoms with Crippen LogP contribution in [0.3, 0.4) is 0 Å². The van der Waals surface area contributed by atoms with E-state index in [4.69, 9.17) is 5.73 Å². The Bertz CT molecular complexity index is 257. The molecule has 18 heavy (non-hydrogen) atoms. The summed E-state index contributed by atoms with van der Waals surface area (Å²) < 4.78 is 0. The molecule has 0 aliphatic heterocycles. The van der Waals surface area contributed by atoms with Crippen LogP contribution in [0.4, 0.5) is 0 Å². The minimum atomic E-state index is 0.132. The number of rotatable bonds is 5. The van der Waals surface area contributed by atoms with E-state index in [2.05, 4.69) is 32.6 Å². The lowest BCUT2D eigenvalue weighted by Gasteiger charge is -2.38. The van der Waals surface area contributed by atoms with Crippen LogP contribution in [0.2, 0.25) is 0 Å². The first-order chi connectivity index (χ1) is 8.47. The van der Waals surface area contributed by atoms with Crippen molar-refractivity contribution in [2.24, 2.45) is 17.6 Å². The molecule has 1 atom stereocenters. The van der Waals surface area contributed by atoms with Gasteiger partial charge in [0.25, 0.3) is 0 Å². The Morgan fingerprint density at radius 2 is 1.78 bits per heavy atom. The van der Waals surface area contributed by atoms with Crippen LogP contribution in [0.15, 0.2) is 0 Å². The number of nitrogens with zero attached hydrogens (tertiary/aromatic N) is 1. The lowest BCUT2D eigenvalue weighted by atomic mass is 9.88. The molecule has 3 heteroatoms. The second kappa shape index (κ2) is 7.13. The predicted octanol–water partition coefficient (Wildman–Crippen LogP) is 2.79. The molecule has 1 unspecified atom stereocenters. The van der Waals surface area contributed by atoms with Crippen molar-refractivity contribution >= 4 is 5.91 Å². The Morgan fingerprint density at radius 3 is 2.22 bits per heavy atom. The molecule has 3 nitrogen and oxygen atoms in total. The SMILES string of the molecule is CCCN(C(=O)C(C)C(C)C)C1CCC(N)CC1. The monoisotopic (exact) mass is 254 g/mol. The van der Waals surface area contributed by atoms with E-state index in [1.165, 1.54) is 0 Å². The largest absolute Gasteiger partial charge is 0.339 e. The van der Waals surface area contributed by atoms with Crippen molar-refractivity contribution < 1.29 is 4.79 Å². The topological polar surface area (TPSA) is 46.3 Å². The lowest BCUT2D eigenvalue weighted by Crippen LogP contribution is -2.47. The van der Waals surface area contributed by atoms with Gasteiger partial charge in [0.05, 0.1) is 0 Å². The van der Waals surface area contributed by atoms with Crippen molar-refractivity contribution in [2.75, 3.05) is 6.54 Å². The third kappa shape index (κ3) is 3.98. The van der Waals surface area contributed by atoms with Gasteiger partial charge in [-0.1, -0.05) is 27.7 Å². The molecule has 1 amide bonds. The highest BCUT2D eigenvalue weighted by molar-refractivity contribution is 5.79. The van der Waals surface area contributed by atoms with Crippen LogP contribution >= 0.6 is 0 Å². The Balaban J connectivity index is 2.66. The minimum Gasteiger partial charge on any atom is -0.339 e. The molecule has 0 saturated heterocycles. The number of amides is 1. The zero-order chi connectivity index (χ0) is 13.7. The van der Waals surface area contributed by atoms with Gasteiger partial charge in [-0.3, -0.25) is 4.79 Å². The maximum Gasteiger partial charge on any atom is 0.225 e. The summed E-state index contributed by atoms with van der Waals surface area (Å²) in [5.74, 6) is 0.891. The second-order valence-electron chi connectivity index (χ2n) is 6.13. The Hall–Kier alpha value is -0.570. The van der Waals surface area contributed by atoms with Crippen molar-refractivity contribution in [1.82, 2.24) is 4.90 Å². The summed E-state index contributed by atoms with van der Waals surface area (Å²) in [6.45, 7) is 9.36. The molecular formula is C15H30N2O. The van der Waals surface area contributed by atoms with Crippen molar-refractivity contribution in [3.63, 3.8) is 0 Å². The smallest absolute Gasteiger partial charge is 0.225 e. The molecule has 0 spiro atoms. The van der Waals surface area contributed by atoms with Crippen LogP contribution in [-0.2, 0) is 4.79 Å². The van der Waals surface area contributed by atoms with Crippen LogP contribution in [0.5, 0.6) is 0 Å². The summed E-state index contributed by atoms with van der Waals surface area (Å²) in [4.78, 5) is 14.7. The van der Waals surface area contributed by atoms with E-state index in [1.807, 2.05) is 0 Å². The van der Waals surface area contributed by atoms with Gasteiger partial charge in [0.15, 0.2) is 0 Å². The van der Waals surface area contributed by atoms with Crippen molar-refractivity contribution in [3.05, 3.63) is 0 Å². The average Bonchev–Trinajstić information content (AvgIpc) is 2.35. The van der Waals surface area contributed by atoms with Gasteiger partial charge in [0, 0.05) is 24.5 Å². The lowest BCUT2D eigenvalue weighted by molar-refractivity contribution is -0.139. The van der Waals surface area contributed by atoms with Gasteiger partial charge < -0.3 is 10.6 Å². The Morgan fingerprint density at radius 1 is 1.22 bits per heavy atom. The van der Waals surface area contributed by atoms with Crippen molar-refractivity contribution in [3.8, 4) is 0 Å². The fourth-order valence-corrected chi connectivity index (χ4v) is 2.67. The van der Waals surface area contributed by atoms with E-state index in [-0.39, 0.29) is 5.92 Å². The van der Waals surface area contributed by atoms with Gasteiger partial charge in [-0.05, 0) is 38.0 Å². The Labute approximate surface area is 112 Å². The fourth-order valence-electron chi connectivity index (χ4n) is 2.67. The fraction of sp³-hybridized carbons (Fsp3) is 0.933. The van der Waals surface area contributed by atoms with Crippen LogP contribution in [0.1, 0.15) is 59.8 Å². The van der Waals surface area contributed by atoms with E-state index in [0.29, 0.717) is 23.9 Å². The second-order valence-corrected chi connectivity index (χ2v) is 6.13. The standard InChI is InChI=1S/C15H30N2O/c1-5-10-17(15(18)12(4)11(2)3)14-8-6-13(16)7-9-14/h11-14H,5-10,16H2,1-4H3. The first kappa shape index (κ1) is 15.5. The quantitative estimate of drug-likeness (QED) is 0.820. The minimum absolute atomic E-state index is 0.132. The highest BCUT2D eigenvalue weighted by atomic mass is 16.2. The first-order valence-corrected chi connectivity index (χ1v) is 7.53. The molecular weight excluding hydrogens is 224 g/mol. The maximum absolute atomic E-state index is 12.6. The van der Waals surface area contributed by atoms with E-state index < -0.39 is 0 Å². The molecule has 1 rings (SSSR count). The number of hydrogen-bond acceptors (Lipinski definition) is 2. The molecule has 0 aromatic rings. The number of nitrogens with two attached hydrogens (primary N) is 1. The van der Waals surface area contributed by atoms with Crippen LogP contribution in [0.25, 0.3) is 0 Å². The van der Waals surface area contributed by atoms with Gasteiger partial charge in [-0.15, -0.1) is 0 Å². The predicted molar refractivity (Wildman–Crippen MR) is 76.2 cm³/mol. The van der Waals surface area contributed by atoms with E-state index in [0.717, 1.165) is 38.6 Å². The molecule has 0 aromatic carbocycles. The third-order valence-corrected chi connectivity index (χ3v) is 4.32. The highest BCUT2D eigenvalue weighted by Crippen LogP contribution is 2.25. The molecule has 2 N–H and O–H groups in total. The molecule has 106 valence electrons. The number of carbonyl (C=O) groups is 1. The van der Waals surface area contributed by atoms with Crippen molar-refractivity contribution in [1.29, 1.82) is 0 Å². The summed E-state index contributed by atoms with van der Waals surface area (Å²) >= 11 is 0. The van der Waals surface area contributed by atoms with Gasteiger partial charge in [-0.25, -0.2) is 0 Å². The summed E-state index contributed by atoms with van der Waals surface area (Å²) in [5, 5.41) is 0.